The lowest BCUT2D eigenvalue weighted by Gasteiger charge is -2.15. The van der Waals surface area contributed by atoms with Gasteiger partial charge >= 0.3 is 0 Å². The highest BCUT2D eigenvalue weighted by Crippen LogP contribution is 2.13. The molecule has 2 N–H and O–H groups in total. The molecule has 0 rings (SSSR count). The predicted molar refractivity (Wildman–Crippen MR) is 51.5 cm³/mol. The Morgan fingerprint density at radius 2 is 2.09 bits per heavy atom. The van der Waals surface area contributed by atoms with E-state index in [-0.39, 0.29) is 6.04 Å². The van der Waals surface area contributed by atoms with Crippen LogP contribution in [0.25, 0.3) is 0 Å². The summed E-state index contributed by atoms with van der Waals surface area (Å²) in [5.41, 5.74) is 5.76. The molecule has 1 heteroatoms. The van der Waals surface area contributed by atoms with E-state index >= 15 is 0 Å². The third-order valence-electron chi connectivity index (χ3n) is 2.12. The molecule has 0 amide bonds. The Morgan fingerprint density at radius 1 is 1.45 bits per heavy atom. The van der Waals surface area contributed by atoms with Crippen molar-refractivity contribution in [1.29, 1.82) is 0 Å². The van der Waals surface area contributed by atoms with Crippen LogP contribution in [0.3, 0.4) is 0 Å². The molecular formula is C10H21N. The van der Waals surface area contributed by atoms with Crippen LogP contribution in [0.5, 0.6) is 0 Å². The maximum Gasteiger partial charge on any atom is 0.00732 e. The first-order valence-corrected chi connectivity index (χ1v) is 4.60. The monoisotopic (exact) mass is 155 g/mol. The third kappa shape index (κ3) is 5.02. The summed E-state index contributed by atoms with van der Waals surface area (Å²) in [7, 11) is 0. The summed E-state index contributed by atoms with van der Waals surface area (Å²) in [6, 6.07) is 0.268. The van der Waals surface area contributed by atoms with Gasteiger partial charge in [0.05, 0.1) is 0 Å². The average Bonchev–Trinajstić information content (AvgIpc) is 1.97. The highest BCUT2D eigenvalue weighted by atomic mass is 14.6. The summed E-state index contributed by atoms with van der Waals surface area (Å²) in [6.07, 6.45) is 7.07. The molecule has 66 valence electrons. The minimum absolute atomic E-state index is 0.268. The molecule has 1 nitrogen and oxygen atoms in total. The van der Waals surface area contributed by atoms with E-state index in [4.69, 9.17) is 5.73 Å². The van der Waals surface area contributed by atoms with Crippen molar-refractivity contribution in [2.24, 2.45) is 11.7 Å². The zero-order chi connectivity index (χ0) is 8.69. The van der Waals surface area contributed by atoms with Crippen molar-refractivity contribution < 1.29 is 0 Å². The smallest absolute Gasteiger partial charge is 0.00732 e. The Kier molecular flexibility index (Phi) is 6.24. The quantitative estimate of drug-likeness (QED) is 0.463. The molecule has 0 fully saturated rings. The predicted octanol–water partition coefficient (Wildman–Crippen LogP) is 2.72. The molecule has 2 atom stereocenters. The average molecular weight is 155 g/mol. The molecule has 0 aromatic heterocycles. The van der Waals surface area contributed by atoms with Gasteiger partial charge in [-0.2, -0.15) is 0 Å². The second kappa shape index (κ2) is 6.41. The van der Waals surface area contributed by atoms with Gasteiger partial charge in [-0.3, -0.25) is 0 Å². The minimum atomic E-state index is 0.268. The lowest BCUT2D eigenvalue weighted by atomic mass is 9.95. The van der Waals surface area contributed by atoms with E-state index in [2.05, 4.69) is 20.4 Å². The molecule has 0 aromatic carbocycles. The number of rotatable bonds is 6. The van der Waals surface area contributed by atoms with Gasteiger partial charge in [0, 0.05) is 6.04 Å². The fraction of sp³-hybridized carbons (Fsp3) is 0.800. The fourth-order valence-corrected chi connectivity index (χ4v) is 1.23. The van der Waals surface area contributed by atoms with E-state index in [1.54, 1.807) is 0 Å². The van der Waals surface area contributed by atoms with Gasteiger partial charge < -0.3 is 5.73 Å². The largest absolute Gasteiger partial charge is 0.327 e. The van der Waals surface area contributed by atoms with Gasteiger partial charge in [-0.05, 0) is 19.3 Å². The lowest BCUT2D eigenvalue weighted by molar-refractivity contribution is 0.472. The van der Waals surface area contributed by atoms with Crippen LogP contribution in [0.2, 0.25) is 0 Å². The zero-order valence-electron chi connectivity index (χ0n) is 7.84. The number of unbranched alkanes of at least 4 members (excludes halogenated alkanes) is 2. The van der Waals surface area contributed by atoms with Gasteiger partial charge in [0.1, 0.15) is 0 Å². The molecular weight excluding hydrogens is 134 g/mol. The van der Waals surface area contributed by atoms with E-state index in [0.29, 0.717) is 5.92 Å². The molecule has 2 unspecified atom stereocenters. The van der Waals surface area contributed by atoms with Gasteiger partial charge in [-0.1, -0.05) is 32.3 Å². The summed E-state index contributed by atoms with van der Waals surface area (Å²) >= 11 is 0. The van der Waals surface area contributed by atoms with E-state index in [1.165, 1.54) is 25.7 Å². The van der Waals surface area contributed by atoms with E-state index in [0.717, 1.165) is 0 Å². The highest BCUT2D eigenvalue weighted by molar-refractivity contribution is 4.84. The summed E-state index contributed by atoms with van der Waals surface area (Å²) in [6.45, 7) is 8.05. The first-order valence-electron chi connectivity index (χ1n) is 4.60. The van der Waals surface area contributed by atoms with Gasteiger partial charge in [-0.25, -0.2) is 0 Å². The lowest BCUT2D eigenvalue weighted by Crippen LogP contribution is -2.24. The van der Waals surface area contributed by atoms with Crippen molar-refractivity contribution in [3.05, 3.63) is 12.7 Å². The first kappa shape index (κ1) is 10.7. The molecule has 0 aliphatic rings. The van der Waals surface area contributed by atoms with Crippen LogP contribution < -0.4 is 5.73 Å². The molecule has 0 heterocycles. The van der Waals surface area contributed by atoms with Crippen LogP contribution in [-0.2, 0) is 0 Å². The minimum Gasteiger partial charge on any atom is -0.327 e. The molecule has 0 radical (unpaired) electrons. The van der Waals surface area contributed by atoms with Crippen LogP contribution in [0, 0.1) is 5.92 Å². The second-order valence-electron chi connectivity index (χ2n) is 3.25. The summed E-state index contributed by atoms with van der Waals surface area (Å²) in [5, 5.41) is 0. The number of hydrogen-bond acceptors (Lipinski definition) is 1. The van der Waals surface area contributed by atoms with Crippen molar-refractivity contribution in [3.63, 3.8) is 0 Å². The van der Waals surface area contributed by atoms with Crippen molar-refractivity contribution in [2.45, 2.75) is 45.6 Å². The molecule has 11 heavy (non-hydrogen) atoms. The number of hydrogen-bond donors (Lipinski definition) is 1. The molecule has 0 saturated heterocycles. The van der Waals surface area contributed by atoms with Gasteiger partial charge in [0.25, 0.3) is 0 Å². The van der Waals surface area contributed by atoms with Crippen molar-refractivity contribution in [1.82, 2.24) is 0 Å². The number of nitrogens with two attached hydrogens (primary N) is 1. The second-order valence-corrected chi connectivity index (χ2v) is 3.25. The van der Waals surface area contributed by atoms with Crippen molar-refractivity contribution in [3.8, 4) is 0 Å². The van der Waals surface area contributed by atoms with E-state index in [1.807, 2.05) is 6.08 Å². The SMILES string of the molecule is C=CC(CCCCC)C(C)N. The van der Waals surface area contributed by atoms with Gasteiger partial charge in [0.2, 0.25) is 0 Å². The summed E-state index contributed by atoms with van der Waals surface area (Å²) in [4.78, 5) is 0. The standard InChI is InChI=1S/C10H21N/c1-4-6-7-8-10(5-2)9(3)11/h5,9-10H,2,4,6-8,11H2,1,3H3. The Labute approximate surface area is 70.7 Å². The fourth-order valence-electron chi connectivity index (χ4n) is 1.23. The molecule has 0 aromatic rings. The molecule has 0 spiro atoms. The van der Waals surface area contributed by atoms with Crippen LogP contribution in [0.4, 0.5) is 0 Å². The maximum absolute atomic E-state index is 5.76. The van der Waals surface area contributed by atoms with Crippen molar-refractivity contribution >= 4 is 0 Å². The van der Waals surface area contributed by atoms with E-state index in [9.17, 15) is 0 Å². The van der Waals surface area contributed by atoms with Crippen LogP contribution in [0.15, 0.2) is 12.7 Å². The Morgan fingerprint density at radius 3 is 2.45 bits per heavy atom. The summed E-state index contributed by atoms with van der Waals surface area (Å²) < 4.78 is 0. The van der Waals surface area contributed by atoms with Gasteiger partial charge in [-0.15, -0.1) is 6.58 Å². The van der Waals surface area contributed by atoms with Crippen LogP contribution in [0.1, 0.15) is 39.5 Å². The van der Waals surface area contributed by atoms with Crippen LogP contribution >= 0.6 is 0 Å². The Bertz CT molecular complexity index is 97.0. The Balaban J connectivity index is 3.44. The summed E-state index contributed by atoms with van der Waals surface area (Å²) in [5.74, 6) is 0.515. The normalized spacial score (nSPS) is 15.9. The zero-order valence-corrected chi connectivity index (χ0v) is 7.84. The van der Waals surface area contributed by atoms with Gasteiger partial charge in [0.15, 0.2) is 0 Å². The first-order chi connectivity index (χ1) is 5.22. The van der Waals surface area contributed by atoms with Crippen molar-refractivity contribution in [2.75, 3.05) is 0 Å². The topological polar surface area (TPSA) is 26.0 Å². The maximum atomic E-state index is 5.76. The molecule has 0 saturated carbocycles. The highest BCUT2D eigenvalue weighted by Gasteiger charge is 2.07. The molecule has 0 aliphatic heterocycles. The third-order valence-corrected chi connectivity index (χ3v) is 2.12. The molecule has 0 bridgehead atoms. The van der Waals surface area contributed by atoms with Crippen LogP contribution in [-0.4, -0.2) is 6.04 Å². The molecule has 0 aliphatic carbocycles. The van der Waals surface area contributed by atoms with E-state index < -0.39 is 0 Å². The Hall–Kier alpha value is -0.300.